The highest BCUT2D eigenvalue weighted by Crippen LogP contribution is 2.24. The summed E-state index contributed by atoms with van der Waals surface area (Å²) in [6, 6.07) is 7.90. The summed E-state index contributed by atoms with van der Waals surface area (Å²) in [5.41, 5.74) is 8.67. The van der Waals surface area contributed by atoms with E-state index in [0.29, 0.717) is 5.95 Å². The fourth-order valence-electron chi connectivity index (χ4n) is 1.83. The number of nitrogen functional groups attached to an aromatic ring is 1. The zero-order valence-electron chi connectivity index (χ0n) is 9.12. The lowest BCUT2D eigenvalue weighted by Gasteiger charge is -1.98. The molecule has 3 aromatic rings. The maximum atomic E-state index is 5.78. The molecule has 3 rings (SSSR count). The zero-order chi connectivity index (χ0) is 10.4. The van der Waals surface area contributed by atoms with Gasteiger partial charge in [0.15, 0.2) is 0 Å². The van der Waals surface area contributed by atoms with Crippen molar-refractivity contribution in [2.45, 2.75) is 0 Å². The monoisotopic (exact) mass is 270 g/mol. The number of halogens is 2. The molecular weight excluding hydrogens is 259 g/mol. The van der Waals surface area contributed by atoms with Gasteiger partial charge in [-0.2, -0.15) is 0 Å². The first-order valence-electron chi connectivity index (χ1n) is 4.73. The Hall–Kier alpha value is -1.52. The Kier molecular flexibility index (Phi) is 3.80. The summed E-state index contributed by atoms with van der Waals surface area (Å²) in [6.45, 7) is 0. The van der Waals surface area contributed by atoms with Crippen LogP contribution in [-0.2, 0) is 7.05 Å². The summed E-state index contributed by atoms with van der Waals surface area (Å²) in [4.78, 5) is 8.62. The average molecular weight is 271 g/mol. The van der Waals surface area contributed by atoms with E-state index in [-0.39, 0.29) is 24.8 Å². The summed E-state index contributed by atoms with van der Waals surface area (Å²) in [6.07, 6.45) is 1.78. The molecule has 0 atom stereocenters. The summed E-state index contributed by atoms with van der Waals surface area (Å²) in [7, 11) is 1.91. The highest BCUT2D eigenvalue weighted by molar-refractivity contribution is 6.03. The van der Waals surface area contributed by atoms with Gasteiger partial charge in [0.1, 0.15) is 5.52 Å². The minimum Gasteiger partial charge on any atom is -0.369 e. The van der Waals surface area contributed by atoms with Crippen LogP contribution in [0.2, 0.25) is 0 Å². The van der Waals surface area contributed by atoms with E-state index in [4.69, 9.17) is 5.73 Å². The molecule has 0 amide bonds. The normalized spacial score (nSPS) is 9.94. The van der Waals surface area contributed by atoms with E-state index in [1.807, 2.05) is 35.9 Å². The summed E-state index contributed by atoms with van der Waals surface area (Å²) in [5, 5.41) is 1.04. The van der Waals surface area contributed by atoms with E-state index in [9.17, 15) is 0 Å². The summed E-state index contributed by atoms with van der Waals surface area (Å²) >= 11 is 0. The molecule has 0 aliphatic carbocycles. The Morgan fingerprint density at radius 2 is 1.94 bits per heavy atom. The van der Waals surface area contributed by atoms with E-state index < -0.39 is 0 Å². The molecule has 2 N–H and O–H groups in total. The third kappa shape index (κ3) is 1.90. The third-order valence-corrected chi connectivity index (χ3v) is 2.67. The Balaban J connectivity index is 0.000000722. The lowest BCUT2D eigenvalue weighted by Crippen LogP contribution is -1.95. The quantitative estimate of drug-likeness (QED) is 0.683. The maximum absolute atomic E-state index is 5.78. The molecule has 0 spiro atoms. The largest absolute Gasteiger partial charge is 0.369 e. The second-order valence-electron chi connectivity index (χ2n) is 3.53. The molecule has 0 unspecified atom stereocenters. The molecule has 0 saturated carbocycles. The van der Waals surface area contributed by atoms with Crippen molar-refractivity contribution in [3.8, 4) is 0 Å². The number of fused-ring (bicyclic) bond motifs is 3. The molecule has 2 aromatic heterocycles. The number of nitrogens with two attached hydrogens (primary N) is 1. The molecular formula is C11H12Cl2N4. The van der Waals surface area contributed by atoms with Crippen molar-refractivity contribution in [2.24, 2.45) is 7.05 Å². The smallest absolute Gasteiger partial charge is 0.200 e. The highest BCUT2D eigenvalue weighted by atomic mass is 35.5. The van der Waals surface area contributed by atoms with Crippen LogP contribution >= 0.6 is 24.8 Å². The molecule has 17 heavy (non-hydrogen) atoms. The molecule has 6 heteroatoms. The number of hydrogen-bond donors (Lipinski definition) is 1. The van der Waals surface area contributed by atoms with E-state index in [1.165, 1.54) is 0 Å². The van der Waals surface area contributed by atoms with Crippen LogP contribution in [0.4, 0.5) is 5.95 Å². The van der Waals surface area contributed by atoms with Crippen LogP contribution in [0.1, 0.15) is 0 Å². The fraction of sp³-hybridized carbons (Fsp3) is 0.0909. The number of aromatic nitrogens is 3. The molecule has 0 saturated heterocycles. The molecule has 0 aliphatic heterocycles. The van der Waals surface area contributed by atoms with Gasteiger partial charge in [0.2, 0.25) is 5.95 Å². The summed E-state index contributed by atoms with van der Waals surface area (Å²) < 4.78 is 1.88. The number of hydrogen-bond acceptors (Lipinski definition) is 3. The Morgan fingerprint density at radius 3 is 2.71 bits per heavy atom. The number of pyridine rings is 1. The number of aryl methyl sites for hydroxylation is 1. The summed E-state index contributed by atoms with van der Waals surface area (Å²) in [5.74, 6) is 0.529. The maximum Gasteiger partial charge on any atom is 0.200 e. The van der Waals surface area contributed by atoms with Crippen LogP contribution in [0, 0.1) is 0 Å². The first-order chi connectivity index (χ1) is 7.27. The van der Waals surface area contributed by atoms with Gasteiger partial charge in [0.05, 0.1) is 11.0 Å². The van der Waals surface area contributed by atoms with Crippen molar-refractivity contribution in [1.29, 1.82) is 0 Å². The molecule has 4 nitrogen and oxygen atoms in total. The second kappa shape index (κ2) is 4.77. The van der Waals surface area contributed by atoms with E-state index in [2.05, 4.69) is 9.97 Å². The standard InChI is InChI=1S/C11H10N4.2ClH/c1-15-9-5-4-8-7(3-2-6-13-8)10(9)14-11(15)12;;/h2-6H,1H3,(H2,12,14);2*1H. The van der Waals surface area contributed by atoms with Crippen LogP contribution in [0.25, 0.3) is 21.9 Å². The van der Waals surface area contributed by atoms with Gasteiger partial charge in [-0.05, 0) is 24.3 Å². The lowest BCUT2D eigenvalue weighted by atomic mass is 10.2. The van der Waals surface area contributed by atoms with Crippen molar-refractivity contribution >= 4 is 52.7 Å². The molecule has 2 heterocycles. The minimum atomic E-state index is 0. The molecule has 0 radical (unpaired) electrons. The van der Waals surface area contributed by atoms with Crippen LogP contribution < -0.4 is 5.73 Å². The first kappa shape index (κ1) is 13.5. The van der Waals surface area contributed by atoms with Crippen molar-refractivity contribution in [3.05, 3.63) is 30.5 Å². The highest BCUT2D eigenvalue weighted by Gasteiger charge is 2.07. The number of nitrogens with zero attached hydrogens (tertiary/aromatic N) is 3. The fourth-order valence-corrected chi connectivity index (χ4v) is 1.83. The predicted octanol–water partition coefficient (Wildman–Crippen LogP) is 2.55. The Morgan fingerprint density at radius 1 is 1.18 bits per heavy atom. The van der Waals surface area contributed by atoms with Gasteiger partial charge in [0.25, 0.3) is 0 Å². The predicted molar refractivity (Wildman–Crippen MR) is 74.9 cm³/mol. The van der Waals surface area contributed by atoms with E-state index in [0.717, 1.165) is 21.9 Å². The van der Waals surface area contributed by atoms with Gasteiger partial charge in [-0.3, -0.25) is 4.98 Å². The van der Waals surface area contributed by atoms with Gasteiger partial charge >= 0.3 is 0 Å². The third-order valence-electron chi connectivity index (χ3n) is 2.67. The zero-order valence-corrected chi connectivity index (χ0v) is 10.8. The van der Waals surface area contributed by atoms with Crippen LogP contribution in [0.5, 0.6) is 0 Å². The van der Waals surface area contributed by atoms with Gasteiger partial charge in [-0.15, -0.1) is 24.8 Å². The first-order valence-corrected chi connectivity index (χ1v) is 4.73. The van der Waals surface area contributed by atoms with Crippen LogP contribution in [-0.4, -0.2) is 14.5 Å². The molecule has 90 valence electrons. The SMILES string of the molecule is Cl.Cl.Cn1c(N)nc2c3cccnc3ccc21. The van der Waals surface area contributed by atoms with Gasteiger partial charge in [0, 0.05) is 18.6 Å². The topological polar surface area (TPSA) is 56.7 Å². The number of rotatable bonds is 0. The molecule has 0 bridgehead atoms. The van der Waals surface area contributed by atoms with Crippen molar-refractivity contribution in [1.82, 2.24) is 14.5 Å². The van der Waals surface area contributed by atoms with Gasteiger partial charge in [-0.1, -0.05) is 0 Å². The average Bonchev–Trinajstić information content (AvgIpc) is 2.56. The number of imidazole rings is 1. The van der Waals surface area contributed by atoms with Crippen molar-refractivity contribution < 1.29 is 0 Å². The molecule has 0 aliphatic rings. The van der Waals surface area contributed by atoms with Crippen molar-refractivity contribution in [3.63, 3.8) is 0 Å². The Labute approximate surface area is 111 Å². The van der Waals surface area contributed by atoms with Crippen LogP contribution in [0.3, 0.4) is 0 Å². The lowest BCUT2D eigenvalue weighted by molar-refractivity contribution is 0.965. The second-order valence-corrected chi connectivity index (χ2v) is 3.53. The minimum absolute atomic E-state index is 0. The van der Waals surface area contributed by atoms with Gasteiger partial charge in [-0.25, -0.2) is 4.98 Å². The van der Waals surface area contributed by atoms with Crippen LogP contribution in [0.15, 0.2) is 30.5 Å². The van der Waals surface area contributed by atoms with E-state index in [1.54, 1.807) is 6.20 Å². The van der Waals surface area contributed by atoms with Crippen molar-refractivity contribution in [2.75, 3.05) is 5.73 Å². The van der Waals surface area contributed by atoms with Gasteiger partial charge < -0.3 is 10.3 Å². The number of anilines is 1. The van der Waals surface area contributed by atoms with E-state index >= 15 is 0 Å². The number of benzene rings is 1. The molecule has 1 aromatic carbocycles. The Bertz CT molecular complexity index is 663. The molecule has 0 fully saturated rings.